The maximum Gasteiger partial charge on any atom is 0.264 e. The van der Waals surface area contributed by atoms with Crippen molar-refractivity contribution in [2.24, 2.45) is 0 Å². The molecule has 0 fully saturated rings. The number of rotatable bonds is 12. The normalized spacial score (nSPS) is 11.5. The number of hydrogen-bond donors (Lipinski definition) is 0. The molecule has 0 aliphatic carbocycles. The molecule has 0 aliphatic heterocycles. The van der Waals surface area contributed by atoms with Crippen molar-refractivity contribution in [2.75, 3.05) is 38.7 Å². The molecule has 4 aromatic rings. The second-order valence-electron chi connectivity index (χ2n) is 9.47. The fourth-order valence-electron chi connectivity index (χ4n) is 4.54. The number of methoxy groups -OCH3 is 2. The van der Waals surface area contributed by atoms with E-state index in [1.807, 2.05) is 42.3 Å². The first-order valence-electron chi connectivity index (χ1n) is 12.8. The van der Waals surface area contributed by atoms with Crippen LogP contribution in [0.4, 0.5) is 14.5 Å². The number of anilines is 1. The third-order valence-electron chi connectivity index (χ3n) is 6.66. The molecule has 4 aromatic carbocycles. The van der Waals surface area contributed by atoms with Crippen LogP contribution in [-0.4, -0.2) is 47.7 Å². The third-order valence-corrected chi connectivity index (χ3v) is 8.71. The van der Waals surface area contributed by atoms with E-state index in [-0.39, 0.29) is 34.9 Å². The molecule has 41 heavy (non-hydrogen) atoms. The highest BCUT2D eigenvalue weighted by molar-refractivity contribution is 7.92. The molecule has 0 aromatic heterocycles. The minimum absolute atomic E-state index is 0.0289. The average Bonchev–Trinajstić information content (AvgIpc) is 2.96. The number of likely N-dealkylation sites (N-methyl/N-ethyl adjacent to an activating group) is 1. The van der Waals surface area contributed by atoms with Gasteiger partial charge in [0.05, 0.1) is 24.8 Å². The van der Waals surface area contributed by atoms with Gasteiger partial charge in [-0.2, -0.15) is 0 Å². The van der Waals surface area contributed by atoms with Crippen LogP contribution in [0.5, 0.6) is 11.5 Å². The fraction of sp³-hybridized carbons (Fsp3) is 0.226. The van der Waals surface area contributed by atoms with Crippen LogP contribution in [0.15, 0.2) is 89.8 Å². The van der Waals surface area contributed by atoms with Crippen LogP contribution >= 0.6 is 11.6 Å². The molecule has 4 rings (SSSR count). The summed E-state index contributed by atoms with van der Waals surface area (Å²) < 4.78 is 69.6. The van der Waals surface area contributed by atoms with Gasteiger partial charge in [0.25, 0.3) is 10.0 Å². The highest BCUT2D eigenvalue weighted by Gasteiger charge is 2.29. The summed E-state index contributed by atoms with van der Waals surface area (Å²) in [5.74, 6) is -0.831. The summed E-state index contributed by atoms with van der Waals surface area (Å²) in [5.41, 5.74) is 1.52. The second kappa shape index (κ2) is 13.3. The van der Waals surface area contributed by atoms with Gasteiger partial charge in [-0.3, -0.25) is 4.31 Å². The van der Waals surface area contributed by atoms with Gasteiger partial charge in [0.15, 0.2) is 11.5 Å². The monoisotopic (exact) mass is 600 g/mol. The van der Waals surface area contributed by atoms with Gasteiger partial charge in [-0.15, -0.1) is 0 Å². The van der Waals surface area contributed by atoms with Gasteiger partial charge in [0.1, 0.15) is 11.6 Å². The van der Waals surface area contributed by atoms with Crippen LogP contribution in [0.25, 0.3) is 0 Å². The molecule has 0 heterocycles. The molecule has 0 atom stereocenters. The van der Waals surface area contributed by atoms with E-state index in [4.69, 9.17) is 21.1 Å². The van der Waals surface area contributed by atoms with Crippen molar-refractivity contribution >= 4 is 27.3 Å². The van der Waals surface area contributed by atoms with Gasteiger partial charge < -0.3 is 14.4 Å². The third kappa shape index (κ3) is 7.16. The lowest BCUT2D eigenvalue weighted by atomic mass is 10.0. The van der Waals surface area contributed by atoms with Crippen molar-refractivity contribution in [1.29, 1.82) is 0 Å². The summed E-state index contributed by atoms with van der Waals surface area (Å²) in [6.45, 7) is 1.00. The van der Waals surface area contributed by atoms with Gasteiger partial charge in [-0.1, -0.05) is 48.0 Å². The standard InChI is InChI=1S/C31H31ClF2N2O4S/c1-35(21-22-8-5-4-6-9-22)16-17-36(41(37,38)25-13-15-30(39-2)31(20-25)40-3)29-14-12-24(32)18-23(29)19-26-27(33)10-7-11-28(26)34/h4-15,18,20H,16-17,19,21H2,1-3H3. The summed E-state index contributed by atoms with van der Waals surface area (Å²) in [6, 6.07) is 22.4. The Bertz CT molecular complexity index is 1580. The van der Waals surface area contributed by atoms with Gasteiger partial charge in [0, 0.05) is 42.7 Å². The van der Waals surface area contributed by atoms with E-state index in [1.165, 1.54) is 61.0 Å². The minimum Gasteiger partial charge on any atom is -0.493 e. The summed E-state index contributed by atoms with van der Waals surface area (Å²) in [5, 5.41) is 0.310. The molecule has 0 radical (unpaired) electrons. The molecule has 10 heteroatoms. The zero-order chi connectivity index (χ0) is 29.6. The lowest BCUT2D eigenvalue weighted by molar-refractivity contribution is 0.336. The Morgan fingerprint density at radius 2 is 1.49 bits per heavy atom. The van der Waals surface area contributed by atoms with E-state index in [1.54, 1.807) is 12.1 Å². The zero-order valence-corrected chi connectivity index (χ0v) is 24.6. The van der Waals surface area contributed by atoms with Crippen LogP contribution < -0.4 is 13.8 Å². The molecule has 0 bridgehead atoms. The molecule has 0 saturated heterocycles. The van der Waals surface area contributed by atoms with E-state index in [2.05, 4.69) is 0 Å². The topological polar surface area (TPSA) is 59.1 Å². The molecular weight excluding hydrogens is 570 g/mol. The lowest BCUT2D eigenvalue weighted by Gasteiger charge is -2.29. The highest BCUT2D eigenvalue weighted by Crippen LogP contribution is 2.35. The molecule has 0 spiro atoms. The maximum atomic E-state index is 14.6. The first-order chi connectivity index (χ1) is 19.6. The molecule has 0 amide bonds. The average molecular weight is 601 g/mol. The van der Waals surface area contributed by atoms with E-state index < -0.39 is 21.7 Å². The van der Waals surface area contributed by atoms with Gasteiger partial charge in [-0.25, -0.2) is 17.2 Å². The Morgan fingerprint density at radius 3 is 2.15 bits per heavy atom. The molecule has 6 nitrogen and oxygen atoms in total. The maximum absolute atomic E-state index is 14.6. The number of halogens is 3. The second-order valence-corrected chi connectivity index (χ2v) is 11.8. The summed E-state index contributed by atoms with van der Waals surface area (Å²) in [6.07, 6.45) is -0.202. The number of nitrogens with zero attached hydrogens (tertiary/aromatic N) is 2. The number of benzene rings is 4. The molecule has 216 valence electrons. The van der Waals surface area contributed by atoms with E-state index in [9.17, 15) is 17.2 Å². The first-order valence-corrected chi connectivity index (χ1v) is 14.6. The Morgan fingerprint density at radius 1 is 0.805 bits per heavy atom. The summed E-state index contributed by atoms with van der Waals surface area (Å²) in [4.78, 5) is 1.97. The van der Waals surface area contributed by atoms with Crippen molar-refractivity contribution in [2.45, 2.75) is 17.9 Å². The summed E-state index contributed by atoms with van der Waals surface area (Å²) >= 11 is 6.30. The van der Waals surface area contributed by atoms with Crippen LogP contribution in [-0.2, 0) is 23.0 Å². The van der Waals surface area contributed by atoms with Crippen molar-refractivity contribution < 1.29 is 26.7 Å². The Hall–Kier alpha value is -3.66. The van der Waals surface area contributed by atoms with E-state index in [0.717, 1.165) is 5.56 Å². The molecule has 0 N–H and O–H groups in total. The Labute approximate surface area is 244 Å². The van der Waals surface area contributed by atoms with Gasteiger partial charge in [-0.05, 0) is 60.6 Å². The van der Waals surface area contributed by atoms with E-state index in [0.29, 0.717) is 29.4 Å². The van der Waals surface area contributed by atoms with Gasteiger partial charge in [0.2, 0.25) is 0 Å². The molecule has 0 aliphatic rings. The Balaban J connectivity index is 1.77. The van der Waals surface area contributed by atoms with Crippen LogP contribution in [0.2, 0.25) is 5.02 Å². The predicted molar refractivity (Wildman–Crippen MR) is 157 cm³/mol. The number of sulfonamides is 1. The van der Waals surface area contributed by atoms with E-state index >= 15 is 0 Å². The van der Waals surface area contributed by atoms with Crippen LogP contribution in [0.3, 0.4) is 0 Å². The highest BCUT2D eigenvalue weighted by atomic mass is 35.5. The molecule has 0 unspecified atom stereocenters. The molecule has 0 saturated carbocycles. The number of ether oxygens (including phenoxy) is 2. The summed E-state index contributed by atoms with van der Waals surface area (Å²) in [7, 11) is 0.589. The SMILES string of the molecule is COc1ccc(S(=O)(=O)N(CCN(C)Cc2ccccc2)c2ccc(Cl)cc2Cc2c(F)cccc2F)cc1OC. The lowest BCUT2D eigenvalue weighted by Crippen LogP contribution is -2.38. The minimum atomic E-state index is -4.19. The predicted octanol–water partition coefficient (Wildman–Crippen LogP) is 6.55. The van der Waals surface area contributed by atoms with Gasteiger partial charge >= 0.3 is 0 Å². The largest absolute Gasteiger partial charge is 0.493 e. The van der Waals surface area contributed by atoms with Crippen LogP contribution in [0.1, 0.15) is 16.7 Å². The first kappa shape index (κ1) is 30.3. The van der Waals surface area contributed by atoms with Crippen molar-refractivity contribution in [3.63, 3.8) is 0 Å². The van der Waals surface area contributed by atoms with Crippen molar-refractivity contribution in [3.8, 4) is 11.5 Å². The quantitative estimate of drug-likeness (QED) is 0.184. The van der Waals surface area contributed by atoms with Crippen molar-refractivity contribution in [1.82, 2.24) is 4.90 Å². The molecular formula is C31H31ClF2N2O4S. The smallest absolute Gasteiger partial charge is 0.264 e. The van der Waals surface area contributed by atoms with Crippen LogP contribution in [0, 0.1) is 11.6 Å². The zero-order valence-electron chi connectivity index (χ0n) is 23.0. The number of hydrogen-bond acceptors (Lipinski definition) is 5. The van der Waals surface area contributed by atoms with Crippen molar-refractivity contribution in [3.05, 3.63) is 118 Å². The fourth-order valence-corrected chi connectivity index (χ4v) is 6.24. The Kier molecular flexibility index (Phi) is 9.86.